The molecular formula is C100H118BBrN18O18S2. The highest BCUT2D eigenvalue weighted by atomic mass is 79.9. The summed E-state index contributed by atoms with van der Waals surface area (Å²) in [5.74, 6) is -0.315. The standard InChI is InChI=1S/C47H53N9O8S.C31H38BN5O5.C22H27BrN4O5S/c1-27(2)40(54-46(60)64-4)44(58)55-25-28(22-48)18-38(55)41-49-24-37(52-41)34-13-12-32-19-31(10-11-33(32)20-34)29-6-8-30(9-7-29)36-23-50-42(51-36)39-21-47(15-16-47)26-56(39)43(57)35(53-45(59)63-3)14-17-65(5,61)62;1-18(2)26(36-29(39)40-7)28(38)37-17-19(15-33)12-25(37)27-34-16-24(35-27)22-9-8-21-14-23(11-10-20(21)13-22)32-41-30(3,4)31(5,6)42-32;1-32-21(29)26-16(7-10-33(2,30)31)20(28)27-13-22(8-9-22)11-18(27)19-24-12-17(25-19)14-3-5-15(23)6-4-14/h6-13,19-20,23-24,27-28,35,38-40H,14-18,21,25-26H2,1-5H3,(H,49,52)(H,50,51)(H,53,59)(H,54,60);8-11,13-14,16,18-19,25-26H,12,17H2,1-7H3,(H,34,35)(H,36,39);3-6,12,16,18H,7-11,13H2,1-2H3,(H,24,25)(H,26,29)/t28-,35+,38+,39+,40+;19-,25+,26+;16-,18-/m001/s1. The van der Waals surface area contributed by atoms with E-state index in [4.69, 9.17) is 28.5 Å². The van der Waals surface area contributed by atoms with Crippen LogP contribution in [-0.4, -0.2) is 245 Å². The van der Waals surface area contributed by atoms with Crippen LogP contribution in [0.15, 0.2) is 151 Å². The number of nitrogens with one attached hydrogen (secondary N) is 8. The van der Waals surface area contributed by atoms with Crippen molar-refractivity contribution in [2.45, 2.75) is 179 Å². The largest absolute Gasteiger partial charge is 0.494 e. The summed E-state index contributed by atoms with van der Waals surface area (Å²) in [5, 5.41) is 34.0. The predicted molar refractivity (Wildman–Crippen MR) is 527 cm³/mol. The zero-order chi connectivity index (χ0) is 100. The average molecular weight is 2020 g/mol. The number of carbonyl (C=O) groups excluding carboxylic acids is 8. The molecule has 0 radical (unpaired) electrons. The number of benzene rings is 6. The van der Waals surface area contributed by atoms with E-state index in [0.717, 1.165) is 139 Å². The van der Waals surface area contributed by atoms with Crippen LogP contribution in [0.5, 0.6) is 0 Å². The molecule has 8 N–H and O–H groups in total. The molecule has 10 aromatic rings. The van der Waals surface area contributed by atoms with Gasteiger partial charge in [-0.15, -0.1) is 0 Å². The summed E-state index contributed by atoms with van der Waals surface area (Å²) in [5.41, 5.74) is 9.24. The molecule has 40 heteroatoms. The Kier molecular flexibility index (Phi) is 30.0. The smallest absolute Gasteiger partial charge is 0.453 e. The van der Waals surface area contributed by atoms with Crippen molar-refractivity contribution < 1.29 is 83.4 Å². The van der Waals surface area contributed by atoms with Gasteiger partial charge in [-0.2, -0.15) is 10.5 Å². The minimum atomic E-state index is -3.39. The maximum Gasteiger partial charge on any atom is 0.494 e. The van der Waals surface area contributed by atoms with Crippen molar-refractivity contribution in [1.29, 1.82) is 10.5 Å². The fourth-order valence-corrected chi connectivity index (χ4v) is 20.6. The number of aromatic nitrogens is 8. The molecule has 2 saturated carbocycles. The molecule has 738 valence electrons. The summed E-state index contributed by atoms with van der Waals surface area (Å²) in [6.45, 7) is 17.1. The molecule has 4 aromatic heterocycles. The van der Waals surface area contributed by atoms with Crippen molar-refractivity contribution in [2.75, 3.05) is 78.6 Å². The van der Waals surface area contributed by atoms with Gasteiger partial charge in [0.15, 0.2) is 0 Å². The van der Waals surface area contributed by atoms with Crippen LogP contribution in [0.25, 0.3) is 77.7 Å². The average Bonchev–Trinajstić information content (AvgIpc) is 1.58. The number of carbonyl (C=O) groups is 8. The van der Waals surface area contributed by atoms with E-state index < -0.39 is 98.6 Å². The summed E-state index contributed by atoms with van der Waals surface area (Å²) in [6.07, 6.45) is 12.6. The van der Waals surface area contributed by atoms with E-state index >= 15 is 0 Å². The maximum absolute atomic E-state index is 14.0. The first-order chi connectivity index (χ1) is 66.5. The Labute approximate surface area is 821 Å². The SMILES string of the molecule is COC(=O)N[C@@H](C(=O)N1C[C@H](C#N)C[C@@H]1c1ncc(-c2ccc3cc(B4OC(C)(C)C(C)(C)O4)ccc3c2)[nH]1)C(C)C.COC(=O)N[C@H](CCS(C)(=O)=O)C(=O)N1CC2(CC2)C[C@@H]1c1ncc(-c2ccc(-c3ccc4cc(-c5cnc([C@H]6C[C@@H](C#N)CN6C(=O)[C@H](NC(=O)OC)C(C)C)[nH]5)ccc4c3)cc2)[nH]1.COC(=O)N[C@H](CCS(C)(=O)=O)C(=O)N1CC2(CC2)C[C@@H]1c1ncc(-c2ccc(Br)cc2)[nH]1. The molecule has 0 unspecified atom stereocenters. The Balaban J connectivity index is 0.000000170. The quantitative estimate of drug-likeness (QED) is 0.0184. The number of hydrogen-bond acceptors (Lipinski definition) is 24. The molecule has 7 aliphatic rings. The fourth-order valence-electron chi connectivity index (χ4n) is 19.0. The van der Waals surface area contributed by atoms with Crippen LogP contribution in [-0.2, 0) is 67.1 Å². The van der Waals surface area contributed by atoms with E-state index in [2.05, 4.69) is 156 Å². The van der Waals surface area contributed by atoms with Gasteiger partial charge in [0, 0.05) is 54.3 Å². The van der Waals surface area contributed by atoms with Gasteiger partial charge in [-0.1, -0.05) is 135 Å². The highest BCUT2D eigenvalue weighted by molar-refractivity contribution is 9.10. The van der Waals surface area contributed by atoms with Gasteiger partial charge in [0.25, 0.3) is 0 Å². The Bertz CT molecular complexity index is 6650. The second kappa shape index (κ2) is 41.4. The van der Waals surface area contributed by atoms with Crippen molar-refractivity contribution in [3.63, 3.8) is 0 Å². The number of alkyl carbamates (subject to hydrolysis) is 4. The lowest BCUT2D eigenvalue weighted by Crippen LogP contribution is -2.51. The van der Waals surface area contributed by atoms with Crippen LogP contribution in [0.3, 0.4) is 0 Å². The van der Waals surface area contributed by atoms with Gasteiger partial charge in [-0.3, -0.25) is 19.2 Å². The molecule has 17 rings (SSSR count). The van der Waals surface area contributed by atoms with Crippen molar-refractivity contribution in [3.05, 3.63) is 174 Å². The summed E-state index contributed by atoms with van der Waals surface area (Å²) in [7, 11) is -2.21. The minimum Gasteiger partial charge on any atom is -0.453 e. The normalized spacial score (nSPS) is 20.5. The van der Waals surface area contributed by atoms with E-state index in [0.29, 0.717) is 49.2 Å². The number of aromatic amines is 4. The van der Waals surface area contributed by atoms with E-state index in [9.17, 15) is 65.7 Å². The van der Waals surface area contributed by atoms with Crippen molar-refractivity contribution in [2.24, 2.45) is 34.5 Å². The summed E-state index contributed by atoms with van der Waals surface area (Å²) in [6, 6.07) is 40.2. The Morgan fingerprint density at radius 1 is 0.450 bits per heavy atom. The molecule has 8 amide bonds. The van der Waals surface area contributed by atoms with Crippen LogP contribution in [0.4, 0.5) is 19.2 Å². The molecule has 5 aliphatic heterocycles. The Hall–Kier alpha value is -13.0. The van der Waals surface area contributed by atoms with Crippen LogP contribution in [0.2, 0.25) is 0 Å². The third-order valence-corrected chi connectivity index (χ3v) is 30.6. The molecule has 2 spiro atoms. The van der Waals surface area contributed by atoms with Gasteiger partial charge in [0.05, 0.1) is 147 Å². The number of ether oxygens (including phenoxy) is 4. The number of nitrogens with zero attached hydrogens (tertiary/aromatic N) is 10. The topological polar surface area (TPSA) is 484 Å². The zero-order valence-corrected chi connectivity index (χ0v) is 83.9. The van der Waals surface area contributed by atoms with Gasteiger partial charge < -0.3 is 89.1 Å². The highest BCUT2D eigenvalue weighted by Crippen LogP contribution is 2.60. The van der Waals surface area contributed by atoms with E-state index in [1.807, 2.05) is 110 Å². The second-order valence-electron chi connectivity index (χ2n) is 39.4. The summed E-state index contributed by atoms with van der Waals surface area (Å²) >= 11 is 3.43. The van der Waals surface area contributed by atoms with E-state index in [1.165, 1.54) is 28.4 Å². The molecule has 7 fully saturated rings. The molecular weight excluding hydrogens is 1900 g/mol. The molecule has 140 heavy (non-hydrogen) atoms. The lowest BCUT2D eigenvalue weighted by molar-refractivity contribution is -0.136. The first-order valence-electron chi connectivity index (χ1n) is 46.7. The van der Waals surface area contributed by atoms with Gasteiger partial charge in [-0.25, -0.2) is 55.9 Å². The fraction of sp³-hybridized carbons (Fsp3) is 0.460. The number of sulfone groups is 2. The number of H-pyrrole nitrogens is 4. The Morgan fingerprint density at radius 2 is 0.771 bits per heavy atom. The molecule has 5 saturated heterocycles. The molecule has 6 aromatic carbocycles. The lowest BCUT2D eigenvalue weighted by atomic mass is 9.78. The molecule has 2 aliphatic carbocycles. The number of rotatable bonds is 26. The number of halogens is 1. The zero-order valence-electron chi connectivity index (χ0n) is 80.7. The summed E-state index contributed by atoms with van der Waals surface area (Å²) in [4.78, 5) is 142. The maximum atomic E-state index is 14.0. The summed E-state index contributed by atoms with van der Waals surface area (Å²) < 4.78 is 79.7. The first kappa shape index (κ1) is 101. The van der Waals surface area contributed by atoms with Crippen LogP contribution >= 0.6 is 15.9 Å². The third-order valence-electron chi connectivity index (χ3n) is 28.1. The number of methoxy groups -OCH3 is 4. The van der Waals surface area contributed by atoms with Gasteiger partial charge in [0.2, 0.25) is 23.6 Å². The number of hydrogen-bond donors (Lipinski definition) is 8. The molecule has 10 atom stereocenters. The van der Waals surface area contributed by atoms with Crippen molar-refractivity contribution in [1.82, 2.24) is 80.7 Å². The third kappa shape index (κ3) is 23.2. The van der Waals surface area contributed by atoms with Gasteiger partial charge in [-0.05, 0) is 194 Å². The van der Waals surface area contributed by atoms with Crippen molar-refractivity contribution >= 4 is 118 Å². The first-order valence-corrected chi connectivity index (χ1v) is 51.7. The number of fused-ring (bicyclic) bond motifs is 2. The van der Waals surface area contributed by atoms with Gasteiger partial charge >= 0.3 is 31.5 Å². The van der Waals surface area contributed by atoms with E-state index in [1.54, 1.807) is 44.4 Å². The molecule has 9 heterocycles. The van der Waals surface area contributed by atoms with E-state index in [-0.39, 0.29) is 108 Å². The molecule has 36 nitrogen and oxygen atoms in total. The lowest BCUT2D eigenvalue weighted by Gasteiger charge is -2.32. The van der Waals surface area contributed by atoms with Crippen LogP contribution in [0.1, 0.15) is 167 Å². The number of likely N-dealkylation sites (tertiary alicyclic amines) is 4. The number of nitriles is 2. The monoisotopic (exact) mass is 2010 g/mol. The number of amides is 8. The van der Waals surface area contributed by atoms with Gasteiger partial charge in [0.1, 0.15) is 67.1 Å². The second-order valence-corrected chi connectivity index (χ2v) is 44.9. The Morgan fingerprint density at radius 3 is 1.13 bits per heavy atom. The van der Waals surface area contributed by atoms with Crippen molar-refractivity contribution in [3.8, 4) is 68.3 Å². The van der Waals surface area contributed by atoms with Crippen LogP contribution in [0, 0.1) is 57.2 Å². The van der Waals surface area contributed by atoms with Crippen LogP contribution < -0.4 is 26.7 Å². The molecule has 0 bridgehead atoms. The minimum absolute atomic E-state index is 0.0131. The number of imidazole rings is 4. The predicted octanol–water partition coefficient (Wildman–Crippen LogP) is 13.7. The highest BCUT2D eigenvalue weighted by Gasteiger charge is 2.58.